The topological polar surface area (TPSA) is 63.3 Å². The minimum atomic E-state index is -0.799. The van der Waals surface area contributed by atoms with E-state index in [2.05, 4.69) is 6.92 Å². The molecule has 2 aromatic rings. The zero-order chi connectivity index (χ0) is 14.8. The Morgan fingerprint density at radius 3 is 1.90 bits per heavy atom. The Morgan fingerprint density at radius 2 is 1.48 bits per heavy atom. The Kier molecular flexibility index (Phi) is 9.94. The van der Waals surface area contributed by atoms with Gasteiger partial charge in [0.2, 0.25) is 0 Å². The standard InChI is InChI=1S/C14H12O2.C3H9N.ClH/c15-14(16)10-11-6-8-13(9-7-11)12-4-2-1-3-5-12;1-2-3-4;/h1-9H,10H2,(H,15,16);2-4H2,1H3;1H. The highest BCUT2D eigenvalue weighted by molar-refractivity contribution is 5.85. The molecule has 0 radical (unpaired) electrons. The van der Waals surface area contributed by atoms with Crippen molar-refractivity contribution in [1.29, 1.82) is 0 Å². The number of halogens is 1. The maximum Gasteiger partial charge on any atom is 0.307 e. The molecule has 0 fully saturated rings. The van der Waals surface area contributed by atoms with Gasteiger partial charge in [0.15, 0.2) is 0 Å². The minimum absolute atomic E-state index is 0. The summed E-state index contributed by atoms with van der Waals surface area (Å²) in [5, 5.41) is 8.65. The van der Waals surface area contributed by atoms with Crippen LogP contribution in [0, 0.1) is 0 Å². The molecule has 0 bridgehead atoms. The van der Waals surface area contributed by atoms with E-state index < -0.39 is 5.97 Å². The van der Waals surface area contributed by atoms with E-state index in [1.54, 1.807) is 0 Å². The zero-order valence-electron chi connectivity index (χ0n) is 12.2. The molecule has 0 atom stereocenters. The third-order valence-electron chi connectivity index (χ3n) is 2.71. The van der Waals surface area contributed by atoms with Gasteiger partial charge < -0.3 is 10.8 Å². The molecule has 0 aliphatic rings. The normalized spacial score (nSPS) is 9.05. The summed E-state index contributed by atoms with van der Waals surface area (Å²) in [6.45, 7) is 2.88. The van der Waals surface area contributed by atoms with E-state index in [4.69, 9.17) is 10.8 Å². The van der Waals surface area contributed by atoms with E-state index in [-0.39, 0.29) is 18.8 Å². The van der Waals surface area contributed by atoms with Crippen molar-refractivity contribution >= 4 is 18.4 Å². The molecule has 2 aromatic carbocycles. The van der Waals surface area contributed by atoms with Gasteiger partial charge in [-0.1, -0.05) is 61.5 Å². The molecule has 0 saturated heterocycles. The molecule has 4 heteroatoms. The lowest BCUT2D eigenvalue weighted by Gasteiger charge is -2.02. The van der Waals surface area contributed by atoms with Gasteiger partial charge in [-0.05, 0) is 29.7 Å². The van der Waals surface area contributed by atoms with Gasteiger partial charge in [0.1, 0.15) is 0 Å². The SMILES string of the molecule is CCCN.Cl.O=C(O)Cc1ccc(-c2ccccc2)cc1. The van der Waals surface area contributed by atoms with E-state index in [0.29, 0.717) is 0 Å². The number of carboxylic acids is 1. The van der Waals surface area contributed by atoms with Crippen molar-refractivity contribution in [2.75, 3.05) is 6.54 Å². The molecule has 0 unspecified atom stereocenters. The summed E-state index contributed by atoms with van der Waals surface area (Å²) in [5.74, 6) is -0.799. The van der Waals surface area contributed by atoms with Crippen molar-refractivity contribution in [3.05, 3.63) is 60.2 Å². The van der Waals surface area contributed by atoms with Gasteiger partial charge in [0.25, 0.3) is 0 Å². The maximum absolute atomic E-state index is 10.5. The highest BCUT2D eigenvalue weighted by Crippen LogP contribution is 2.19. The molecule has 2 rings (SSSR count). The van der Waals surface area contributed by atoms with E-state index in [0.717, 1.165) is 29.7 Å². The van der Waals surface area contributed by atoms with Crippen LogP contribution < -0.4 is 5.73 Å². The maximum atomic E-state index is 10.5. The number of carboxylic acid groups (broad SMARTS) is 1. The molecular formula is C17H22ClNO2. The largest absolute Gasteiger partial charge is 0.481 e. The number of hydrogen-bond acceptors (Lipinski definition) is 2. The van der Waals surface area contributed by atoms with Crippen LogP contribution in [0.3, 0.4) is 0 Å². The van der Waals surface area contributed by atoms with Gasteiger partial charge in [-0.2, -0.15) is 0 Å². The first-order valence-corrected chi connectivity index (χ1v) is 6.73. The van der Waals surface area contributed by atoms with Crippen LogP contribution in [-0.4, -0.2) is 17.6 Å². The Bertz CT molecular complexity index is 510. The molecule has 0 heterocycles. The van der Waals surface area contributed by atoms with Crippen LogP contribution in [0.2, 0.25) is 0 Å². The summed E-state index contributed by atoms with van der Waals surface area (Å²) >= 11 is 0. The predicted molar refractivity (Wildman–Crippen MR) is 89.8 cm³/mol. The number of nitrogens with two attached hydrogens (primary N) is 1. The van der Waals surface area contributed by atoms with Gasteiger partial charge >= 0.3 is 5.97 Å². The molecule has 0 aliphatic carbocycles. The molecule has 3 nitrogen and oxygen atoms in total. The van der Waals surface area contributed by atoms with Crippen LogP contribution in [-0.2, 0) is 11.2 Å². The van der Waals surface area contributed by atoms with Crippen molar-refractivity contribution < 1.29 is 9.90 Å². The number of benzene rings is 2. The molecule has 0 aromatic heterocycles. The van der Waals surface area contributed by atoms with Crippen LogP contribution >= 0.6 is 12.4 Å². The first-order valence-electron chi connectivity index (χ1n) is 6.73. The summed E-state index contributed by atoms with van der Waals surface area (Å²) in [5.41, 5.74) is 8.10. The van der Waals surface area contributed by atoms with Crippen LogP contribution in [0.25, 0.3) is 11.1 Å². The lowest BCUT2D eigenvalue weighted by Crippen LogP contribution is -1.99. The van der Waals surface area contributed by atoms with Gasteiger partial charge in [-0.15, -0.1) is 12.4 Å². The summed E-state index contributed by atoms with van der Waals surface area (Å²) < 4.78 is 0. The second-order valence-corrected chi connectivity index (χ2v) is 4.42. The fourth-order valence-corrected chi connectivity index (χ4v) is 1.62. The average Bonchev–Trinajstić information content (AvgIpc) is 2.48. The van der Waals surface area contributed by atoms with Crippen LogP contribution in [0.5, 0.6) is 0 Å². The van der Waals surface area contributed by atoms with Crippen molar-refractivity contribution in [3.63, 3.8) is 0 Å². The van der Waals surface area contributed by atoms with Gasteiger partial charge in [0.05, 0.1) is 6.42 Å². The fourth-order valence-electron chi connectivity index (χ4n) is 1.62. The third-order valence-corrected chi connectivity index (χ3v) is 2.71. The number of carbonyl (C=O) groups is 1. The lowest BCUT2D eigenvalue weighted by molar-refractivity contribution is -0.136. The van der Waals surface area contributed by atoms with E-state index in [9.17, 15) is 4.79 Å². The van der Waals surface area contributed by atoms with Crippen molar-refractivity contribution in [2.45, 2.75) is 19.8 Å². The average molecular weight is 308 g/mol. The highest BCUT2D eigenvalue weighted by Gasteiger charge is 2.01. The predicted octanol–water partition coefficient (Wildman–Crippen LogP) is 3.76. The lowest BCUT2D eigenvalue weighted by atomic mass is 10.0. The van der Waals surface area contributed by atoms with E-state index in [1.807, 2.05) is 54.6 Å². The van der Waals surface area contributed by atoms with Crippen molar-refractivity contribution in [1.82, 2.24) is 0 Å². The Hall–Kier alpha value is -1.84. The first-order chi connectivity index (χ1) is 9.67. The van der Waals surface area contributed by atoms with Crippen LogP contribution in [0.1, 0.15) is 18.9 Å². The highest BCUT2D eigenvalue weighted by atomic mass is 35.5. The van der Waals surface area contributed by atoms with Crippen LogP contribution in [0.15, 0.2) is 54.6 Å². The van der Waals surface area contributed by atoms with Gasteiger partial charge in [-0.3, -0.25) is 4.79 Å². The zero-order valence-corrected chi connectivity index (χ0v) is 13.0. The molecule has 0 spiro atoms. The summed E-state index contributed by atoms with van der Waals surface area (Å²) in [4.78, 5) is 10.5. The monoisotopic (exact) mass is 307 g/mol. The van der Waals surface area contributed by atoms with Crippen molar-refractivity contribution in [2.24, 2.45) is 5.73 Å². The molecule has 21 heavy (non-hydrogen) atoms. The van der Waals surface area contributed by atoms with E-state index in [1.165, 1.54) is 0 Å². The van der Waals surface area contributed by atoms with E-state index >= 15 is 0 Å². The first kappa shape index (κ1) is 19.2. The number of hydrogen-bond donors (Lipinski definition) is 2. The van der Waals surface area contributed by atoms with Gasteiger partial charge in [0, 0.05) is 0 Å². The number of rotatable bonds is 4. The minimum Gasteiger partial charge on any atom is -0.481 e. The summed E-state index contributed by atoms with van der Waals surface area (Å²) in [7, 11) is 0. The van der Waals surface area contributed by atoms with Crippen molar-refractivity contribution in [3.8, 4) is 11.1 Å². The molecule has 0 saturated carbocycles. The second-order valence-electron chi connectivity index (χ2n) is 4.42. The molecule has 114 valence electrons. The Labute approximate surface area is 132 Å². The summed E-state index contributed by atoms with van der Waals surface area (Å²) in [6.07, 6.45) is 1.18. The smallest absolute Gasteiger partial charge is 0.307 e. The van der Waals surface area contributed by atoms with Gasteiger partial charge in [-0.25, -0.2) is 0 Å². The molecule has 0 amide bonds. The Balaban J connectivity index is 0.000000715. The fraction of sp³-hybridized carbons (Fsp3) is 0.235. The number of aliphatic carboxylic acids is 1. The molecular weight excluding hydrogens is 286 g/mol. The summed E-state index contributed by atoms with van der Waals surface area (Å²) in [6, 6.07) is 17.6. The Morgan fingerprint density at radius 1 is 1.00 bits per heavy atom. The third kappa shape index (κ3) is 7.49. The molecule has 0 aliphatic heterocycles. The quantitative estimate of drug-likeness (QED) is 0.904. The molecule has 3 N–H and O–H groups in total. The second kappa shape index (κ2) is 10.9. The van der Waals surface area contributed by atoms with Crippen LogP contribution in [0.4, 0.5) is 0 Å².